The Bertz CT molecular complexity index is 589. The molecule has 19 heavy (non-hydrogen) atoms. The third kappa shape index (κ3) is 3.27. The number of aromatic amines is 1. The number of alkyl halides is 3. The number of H-pyrrole nitrogens is 1. The Morgan fingerprint density at radius 1 is 1.37 bits per heavy atom. The van der Waals surface area contributed by atoms with Gasteiger partial charge in [0, 0.05) is 17.6 Å². The Hall–Kier alpha value is -1.98. The van der Waals surface area contributed by atoms with Gasteiger partial charge in [0.05, 0.1) is 17.5 Å². The zero-order valence-corrected chi connectivity index (χ0v) is 10.2. The maximum absolute atomic E-state index is 12.2. The fraction of sp³-hybridized carbons (Fsp3) is 0.308. The summed E-state index contributed by atoms with van der Waals surface area (Å²) in [5, 5.41) is 3.20. The van der Waals surface area contributed by atoms with Crippen molar-refractivity contribution in [2.24, 2.45) is 0 Å². The van der Waals surface area contributed by atoms with Gasteiger partial charge in [0.2, 0.25) is 0 Å². The Balaban J connectivity index is 2.14. The molecule has 1 amide bonds. The molecular weight excluding hydrogens is 257 g/mol. The molecule has 0 spiro atoms. The zero-order chi connectivity index (χ0) is 14.0. The van der Waals surface area contributed by atoms with E-state index in [-0.39, 0.29) is 0 Å². The van der Waals surface area contributed by atoms with Gasteiger partial charge in [-0.1, -0.05) is 12.1 Å². The van der Waals surface area contributed by atoms with Crippen molar-refractivity contribution >= 4 is 16.8 Å². The number of hydrogen-bond donors (Lipinski definition) is 2. The molecule has 1 unspecified atom stereocenters. The second-order valence-corrected chi connectivity index (χ2v) is 4.44. The van der Waals surface area contributed by atoms with Crippen LogP contribution < -0.4 is 5.32 Å². The Morgan fingerprint density at radius 3 is 2.79 bits per heavy atom. The molecule has 0 bridgehead atoms. The number of aromatic nitrogens is 1. The van der Waals surface area contributed by atoms with Crippen LogP contribution in [0.3, 0.4) is 0 Å². The first-order valence-electron chi connectivity index (χ1n) is 5.80. The molecule has 3 nitrogen and oxygen atoms in total. The average molecular weight is 270 g/mol. The summed E-state index contributed by atoms with van der Waals surface area (Å²) in [5.74, 6) is -0.509. The number of fused-ring (bicyclic) bond motifs is 1. The van der Waals surface area contributed by atoms with Crippen molar-refractivity contribution in [3.8, 4) is 0 Å². The number of benzene rings is 1. The molecular formula is C13H13F3N2O. The molecule has 6 heteroatoms. The number of nitrogens with one attached hydrogen (secondary N) is 2. The lowest BCUT2D eigenvalue weighted by atomic mass is 10.1. The third-order valence-corrected chi connectivity index (χ3v) is 2.75. The van der Waals surface area contributed by atoms with E-state index in [0.29, 0.717) is 11.1 Å². The number of halogens is 3. The highest BCUT2D eigenvalue weighted by atomic mass is 19.4. The topological polar surface area (TPSA) is 44.9 Å². The second kappa shape index (κ2) is 4.95. The minimum absolute atomic E-state index is 0.344. The van der Waals surface area contributed by atoms with E-state index in [0.717, 1.165) is 5.39 Å². The molecule has 1 aromatic carbocycles. The quantitative estimate of drug-likeness (QED) is 0.883. The van der Waals surface area contributed by atoms with Crippen LogP contribution in [0, 0.1) is 0 Å². The first kappa shape index (κ1) is 13.5. The molecule has 2 rings (SSSR count). The largest absolute Gasteiger partial charge is 0.391 e. The SMILES string of the molecule is CC(CC(F)(F)F)NC(=O)c1cccc2cc[nH]c12. The Kier molecular flexibility index (Phi) is 3.50. The van der Waals surface area contributed by atoms with Crippen LogP contribution in [0.5, 0.6) is 0 Å². The summed E-state index contributed by atoms with van der Waals surface area (Å²) in [5.41, 5.74) is 0.968. The molecule has 2 aromatic rings. The molecule has 0 aliphatic carbocycles. The van der Waals surface area contributed by atoms with E-state index < -0.39 is 24.5 Å². The zero-order valence-electron chi connectivity index (χ0n) is 10.2. The molecule has 0 fully saturated rings. The van der Waals surface area contributed by atoms with E-state index in [1.165, 1.54) is 6.92 Å². The van der Waals surface area contributed by atoms with Gasteiger partial charge in [0.25, 0.3) is 5.91 Å². The number of carbonyl (C=O) groups is 1. The number of carbonyl (C=O) groups excluding carboxylic acids is 1. The molecule has 0 saturated heterocycles. The predicted octanol–water partition coefficient (Wildman–Crippen LogP) is 3.24. The molecule has 0 radical (unpaired) electrons. The van der Waals surface area contributed by atoms with Crippen LogP contribution in [0.1, 0.15) is 23.7 Å². The number of hydrogen-bond acceptors (Lipinski definition) is 1. The Labute approximate surface area is 107 Å². The van der Waals surface area contributed by atoms with Crippen molar-refractivity contribution in [1.82, 2.24) is 10.3 Å². The molecule has 1 aromatic heterocycles. The summed E-state index contributed by atoms with van der Waals surface area (Å²) in [6.07, 6.45) is -3.65. The summed E-state index contributed by atoms with van der Waals surface area (Å²) in [7, 11) is 0. The standard InChI is InChI=1S/C13H13F3N2O/c1-8(7-13(14,15)16)18-12(19)10-4-2-3-9-5-6-17-11(9)10/h2-6,8,17H,7H2,1H3,(H,18,19). The van der Waals surface area contributed by atoms with E-state index >= 15 is 0 Å². The monoisotopic (exact) mass is 270 g/mol. The van der Waals surface area contributed by atoms with Crippen LogP contribution >= 0.6 is 0 Å². The molecule has 102 valence electrons. The highest BCUT2D eigenvalue weighted by molar-refractivity contribution is 6.05. The van der Waals surface area contributed by atoms with Crippen molar-refractivity contribution in [3.63, 3.8) is 0 Å². The highest BCUT2D eigenvalue weighted by Gasteiger charge is 2.30. The van der Waals surface area contributed by atoms with Gasteiger partial charge < -0.3 is 10.3 Å². The number of amides is 1. The number of rotatable bonds is 3. The van der Waals surface area contributed by atoms with E-state index in [1.54, 1.807) is 24.4 Å². The van der Waals surface area contributed by atoms with E-state index in [1.807, 2.05) is 6.07 Å². The third-order valence-electron chi connectivity index (χ3n) is 2.75. The van der Waals surface area contributed by atoms with Crippen molar-refractivity contribution in [1.29, 1.82) is 0 Å². The maximum atomic E-state index is 12.2. The summed E-state index contributed by atoms with van der Waals surface area (Å²) in [4.78, 5) is 14.9. The van der Waals surface area contributed by atoms with Crippen LogP contribution in [0.15, 0.2) is 30.5 Å². The van der Waals surface area contributed by atoms with Gasteiger partial charge in [-0.2, -0.15) is 13.2 Å². The minimum Gasteiger partial charge on any atom is -0.361 e. The van der Waals surface area contributed by atoms with Crippen molar-refractivity contribution < 1.29 is 18.0 Å². The number of para-hydroxylation sites is 1. The summed E-state index contributed by atoms with van der Waals surface area (Å²) < 4.78 is 36.6. The van der Waals surface area contributed by atoms with Crippen LogP contribution in [0.4, 0.5) is 13.2 Å². The van der Waals surface area contributed by atoms with Gasteiger partial charge in [0.15, 0.2) is 0 Å². The molecule has 2 N–H and O–H groups in total. The van der Waals surface area contributed by atoms with Gasteiger partial charge in [-0.25, -0.2) is 0 Å². The molecule has 1 atom stereocenters. The predicted molar refractivity (Wildman–Crippen MR) is 65.9 cm³/mol. The summed E-state index contributed by atoms with van der Waals surface area (Å²) in [6.45, 7) is 1.33. The molecule has 1 heterocycles. The van der Waals surface area contributed by atoms with Gasteiger partial charge in [0.1, 0.15) is 0 Å². The summed E-state index contributed by atoms with van der Waals surface area (Å²) >= 11 is 0. The minimum atomic E-state index is -4.29. The van der Waals surface area contributed by atoms with Gasteiger partial charge in [-0.15, -0.1) is 0 Å². The van der Waals surface area contributed by atoms with Crippen LogP contribution in [-0.2, 0) is 0 Å². The normalized spacial score (nSPS) is 13.5. The lowest BCUT2D eigenvalue weighted by Crippen LogP contribution is -2.36. The second-order valence-electron chi connectivity index (χ2n) is 4.44. The fourth-order valence-corrected chi connectivity index (χ4v) is 1.97. The van der Waals surface area contributed by atoms with Crippen molar-refractivity contribution in [3.05, 3.63) is 36.0 Å². The van der Waals surface area contributed by atoms with E-state index in [9.17, 15) is 18.0 Å². The molecule has 0 aliphatic heterocycles. The fourth-order valence-electron chi connectivity index (χ4n) is 1.97. The van der Waals surface area contributed by atoms with Crippen LogP contribution in [0.25, 0.3) is 10.9 Å². The smallest absolute Gasteiger partial charge is 0.361 e. The van der Waals surface area contributed by atoms with E-state index in [4.69, 9.17) is 0 Å². The van der Waals surface area contributed by atoms with Crippen LogP contribution in [0.2, 0.25) is 0 Å². The first-order chi connectivity index (χ1) is 8.87. The van der Waals surface area contributed by atoms with Gasteiger partial charge in [-0.3, -0.25) is 4.79 Å². The molecule has 0 saturated carbocycles. The van der Waals surface area contributed by atoms with E-state index in [2.05, 4.69) is 10.3 Å². The average Bonchev–Trinajstić information content (AvgIpc) is 2.73. The highest BCUT2D eigenvalue weighted by Crippen LogP contribution is 2.22. The first-order valence-corrected chi connectivity index (χ1v) is 5.80. The summed E-state index contributed by atoms with van der Waals surface area (Å²) in [6, 6.07) is 5.93. The molecule has 0 aliphatic rings. The van der Waals surface area contributed by atoms with Gasteiger partial charge in [-0.05, 0) is 19.1 Å². The van der Waals surface area contributed by atoms with Gasteiger partial charge >= 0.3 is 6.18 Å². The van der Waals surface area contributed by atoms with Crippen molar-refractivity contribution in [2.45, 2.75) is 25.6 Å². The van der Waals surface area contributed by atoms with Crippen molar-refractivity contribution in [2.75, 3.05) is 0 Å². The Morgan fingerprint density at radius 2 is 2.11 bits per heavy atom. The maximum Gasteiger partial charge on any atom is 0.391 e. The lowest BCUT2D eigenvalue weighted by molar-refractivity contribution is -0.138. The van der Waals surface area contributed by atoms with Crippen LogP contribution in [-0.4, -0.2) is 23.1 Å². The lowest BCUT2D eigenvalue weighted by Gasteiger charge is -2.16.